The van der Waals surface area contributed by atoms with Gasteiger partial charge in [-0.05, 0) is 42.9 Å². The van der Waals surface area contributed by atoms with E-state index in [2.05, 4.69) is 17.1 Å². The molecule has 2 amide bonds. The molecule has 0 bridgehead atoms. The van der Waals surface area contributed by atoms with E-state index in [1.54, 1.807) is 42.5 Å². The summed E-state index contributed by atoms with van der Waals surface area (Å²) in [5.41, 5.74) is 1.65. The number of nitrogens with zero attached hydrogens (tertiary/aromatic N) is 2. The number of carbonyl (C=O) groups is 2. The number of likely N-dealkylation sites (N-methyl/N-ethyl adjacent to an activating group) is 1. The first-order valence-corrected chi connectivity index (χ1v) is 9.14. The summed E-state index contributed by atoms with van der Waals surface area (Å²) in [4.78, 5) is 29.1. The predicted molar refractivity (Wildman–Crippen MR) is 104 cm³/mol. The Morgan fingerprint density at radius 3 is 2.19 bits per heavy atom. The highest BCUT2D eigenvalue weighted by molar-refractivity contribution is 6.33. The van der Waals surface area contributed by atoms with Crippen LogP contribution in [0.2, 0.25) is 5.02 Å². The van der Waals surface area contributed by atoms with Crippen LogP contribution in [-0.2, 0) is 0 Å². The van der Waals surface area contributed by atoms with E-state index in [1.807, 2.05) is 11.0 Å². The molecule has 0 saturated carbocycles. The maximum atomic E-state index is 12.6. The molecule has 0 aliphatic carbocycles. The summed E-state index contributed by atoms with van der Waals surface area (Å²) >= 11 is 6.06. The average molecular weight is 372 g/mol. The number of halogens is 1. The lowest BCUT2D eigenvalue weighted by Gasteiger charge is -2.34. The van der Waals surface area contributed by atoms with Crippen molar-refractivity contribution in [2.75, 3.05) is 38.0 Å². The molecule has 0 atom stereocenters. The second kappa shape index (κ2) is 8.34. The highest BCUT2D eigenvalue weighted by Gasteiger charge is 2.21. The van der Waals surface area contributed by atoms with Crippen LogP contribution in [0.1, 0.15) is 27.6 Å². The lowest BCUT2D eigenvalue weighted by Crippen LogP contribution is -2.48. The molecule has 0 spiro atoms. The Labute approximate surface area is 158 Å². The maximum absolute atomic E-state index is 12.6. The quantitative estimate of drug-likeness (QED) is 0.896. The van der Waals surface area contributed by atoms with E-state index in [1.165, 1.54) is 0 Å². The van der Waals surface area contributed by atoms with Crippen molar-refractivity contribution in [3.05, 3.63) is 64.7 Å². The molecular formula is C20H22ClN3O2. The van der Waals surface area contributed by atoms with Gasteiger partial charge in [0.1, 0.15) is 0 Å². The number of anilines is 1. The lowest BCUT2D eigenvalue weighted by atomic mass is 10.1. The van der Waals surface area contributed by atoms with Crippen LogP contribution in [0.3, 0.4) is 0 Å². The van der Waals surface area contributed by atoms with Crippen LogP contribution < -0.4 is 5.32 Å². The zero-order chi connectivity index (χ0) is 18.5. The largest absolute Gasteiger partial charge is 0.336 e. The van der Waals surface area contributed by atoms with Gasteiger partial charge in [0.25, 0.3) is 11.8 Å². The number of hydrogen-bond acceptors (Lipinski definition) is 3. The van der Waals surface area contributed by atoms with Crippen LogP contribution in [0.25, 0.3) is 0 Å². The van der Waals surface area contributed by atoms with Crippen molar-refractivity contribution in [3.63, 3.8) is 0 Å². The first-order chi connectivity index (χ1) is 12.6. The minimum atomic E-state index is -0.256. The Balaban J connectivity index is 1.64. The van der Waals surface area contributed by atoms with Crippen LogP contribution >= 0.6 is 11.6 Å². The van der Waals surface area contributed by atoms with Gasteiger partial charge in [-0.1, -0.05) is 30.7 Å². The van der Waals surface area contributed by atoms with E-state index in [4.69, 9.17) is 11.6 Å². The Kier molecular flexibility index (Phi) is 5.91. The van der Waals surface area contributed by atoms with Crippen molar-refractivity contribution in [2.24, 2.45) is 0 Å². The number of rotatable bonds is 4. The standard InChI is InChI=1S/C20H22ClN3O2/c1-2-23-11-13-24(14-12-23)20(26)16-9-7-15(8-10-16)19(25)22-18-6-4-3-5-17(18)21/h3-10H,2,11-14H2,1H3,(H,22,25). The number of hydrogen-bond donors (Lipinski definition) is 1. The van der Waals surface area contributed by atoms with E-state index in [0.29, 0.717) is 21.8 Å². The van der Waals surface area contributed by atoms with Gasteiger partial charge in [-0.2, -0.15) is 0 Å². The molecule has 1 aliphatic heterocycles. The van der Waals surface area contributed by atoms with Crippen molar-refractivity contribution in [2.45, 2.75) is 6.92 Å². The molecule has 5 nitrogen and oxygen atoms in total. The van der Waals surface area contributed by atoms with Crippen LogP contribution in [0.15, 0.2) is 48.5 Å². The maximum Gasteiger partial charge on any atom is 0.255 e. The van der Waals surface area contributed by atoms with E-state index in [-0.39, 0.29) is 11.8 Å². The molecule has 1 N–H and O–H groups in total. The molecule has 2 aromatic carbocycles. The number of piperazine rings is 1. The molecular weight excluding hydrogens is 350 g/mol. The van der Waals surface area contributed by atoms with Crippen LogP contribution in [-0.4, -0.2) is 54.3 Å². The van der Waals surface area contributed by atoms with Crippen molar-refractivity contribution < 1.29 is 9.59 Å². The van der Waals surface area contributed by atoms with Gasteiger partial charge < -0.3 is 15.1 Å². The van der Waals surface area contributed by atoms with E-state index >= 15 is 0 Å². The highest BCUT2D eigenvalue weighted by atomic mass is 35.5. The van der Waals surface area contributed by atoms with Gasteiger partial charge in [0, 0.05) is 37.3 Å². The molecule has 1 fully saturated rings. The van der Waals surface area contributed by atoms with Gasteiger partial charge >= 0.3 is 0 Å². The molecule has 1 heterocycles. The van der Waals surface area contributed by atoms with E-state index in [0.717, 1.165) is 32.7 Å². The van der Waals surface area contributed by atoms with Gasteiger partial charge in [-0.25, -0.2) is 0 Å². The number of benzene rings is 2. The molecule has 3 rings (SSSR count). The SMILES string of the molecule is CCN1CCN(C(=O)c2ccc(C(=O)Nc3ccccc3Cl)cc2)CC1. The third-order valence-electron chi connectivity index (χ3n) is 4.62. The minimum Gasteiger partial charge on any atom is -0.336 e. The first-order valence-electron chi connectivity index (χ1n) is 8.76. The molecule has 0 unspecified atom stereocenters. The van der Waals surface area contributed by atoms with E-state index in [9.17, 15) is 9.59 Å². The lowest BCUT2D eigenvalue weighted by molar-refractivity contribution is 0.0643. The fraction of sp³-hybridized carbons (Fsp3) is 0.300. The summed E-state index contributed by atoms with van der Waals surface area (Å²) in [6.45, 7) is 6.42. The summed E-state index contributed by atoms with van der Waals surface area (Å²) in [5, 5.41) is 3.26. The predicted octanol–water partition coefficient (Wildman–Crippen LogP) is 3.37. The summed E-state index contributed by atoms with van der Waals surface area (Å²) in [5.74, 6) is -0.243. The summed E-state index contributed by atoms with van der Waals surface area (Å²) in [6.07, 6.45) is 0. The molecule has 0 radical (unpaired) electrons. The van der Waals surface area contributed by atoms with Crippen molar-refractivity contribution in [1.82, 2.24) is 9.80 Å². The minimum absolute atomic E-state index is 0.0128. The number of para-hydroxylation sites is 1. The normalized spacial score (nSPS) is 14.9. The average Bonchev–Trinajstić information content (AvgIpc) is 2.69. The number of carbonyl (C=O) groups excluding carboxylic acids is 2. The smallest absolute Gasteiger partial charge is 0.255 e. The fourth-order valence-corrected chi connectivity index (χ4v) is 3.15. The zero-order valence-electron chi connectivity index (χ0n) is 14.7. The fourth-order valence-electron chi connectivity index (χ4n) is 2.97. The second-order valence-electron chi connectivity index (χ2n) is 6.24. The summed E-state index contributed by atoms with van der Waals surface area (Å²) in [7, 11) is 0. The highest BCUT2D eigenvalue weighted by Crippen LogP contribution is 2.21. The number of amides is 2. The van der Waals surface area contributed by atoms with Crippen LogP contribution in [0.5, 0.6) is 0 Å². The monoisotopic (exact) mass is 371 g/mol. The molecule has 26 heavy (non-hydrogen) atoms. The van der Waals surface area contributed by atoms with Gasteiger partial charge in [-0.15, -0.1) is 0 Å². The molecule has 2 aromatic rings. The van der Waals surface area contributed by atoms with Gasteiger partial charge in [0.05, 0.1) is 10.7 Å². The Morgan fingerprint density at radius 1 is 0.962 bits per heavy atom. The van der Waals surface area contributed by atoms with Crippen molar-refractivity contribution >= 4 is 29.1 Å². The molecule has 6 heteroatoms. The van der Waals surface area contributed by atoms with Gasteiger partial charge in [0.2, 0.25) is 0 Å². The Bertz CT molecular complexity index is 784. The second-order valence-corrected chi connectivity index (χ2v) is 6.64. The first kappa shape index (κ1) is 18.4. The van der Waals surface area contributed by atoms with Gasteiger partial charge in [0.15, 0.2) is 0 Å². The summed E-state index contributed by atoms with van der Waals surface area (Å²) < 4.78 is 0. The summed E-state index contributed by atoms with van der Waals surface area (Å²) in [6, 6.07) is 13.8. The molecule has 1 saturated heterocycles. The Morgan fingerprint density at radius 2 is 1.58 bits per heavy atom. The van der Waals surface area contributed by atoms with Crippen LogP contribution in [0, 0.1) is 0 Å². The third kappa shape index (κ3) is 4.23. The molecule has 0 aromatic heterocycles. The van der Waals surface area contributed by atoms with E-state index < -0.39 is 0 Å². The van der Waals surface area contributed by atoms with Crippen LogP contribution in [0.4, 0.5) is 5.69 Å². The zero-order valence-corrected chi connectivity index (χ0v) is 15.5. The Hall–Kier alpha value is -2.37. The topological polar surface area (TPSA) is 52.7 Å². The van der Waals surface area contributed by atoms with Gasteiger partial charge in [-0.3, -0.25) is 9.59 Å². The van der Waals surface area contributed by atoms with Crippen molar-refractivity contribution in [1.29, 1.82) is 0 Å². The third-order valence-corrected chi connectivity index (χ3v) is 4.95. The number of nitrogens with one attached hydrogen (secondary N) is 1. The molecule has 1 aliphatic rings. The van der Waals surface area contributed by atoms with Crippen molar-refractivity contribution in [3.8, 4) is 0 Å². The molecule has 136 valence electrons.